The summed E-state index contributed by atoms with van der Waals surface area (Å²) in [5.74, 6) is 0.469. The number of pyridine rings is 1. The van der Waals surface area contributed by atoms with Crippen LogP contribution in [0.3, 0.4) is 0 Å². The highest BCUT2D eigenvalue weighted by Crippen LogP contribution is 2.37. The van der Waals surface area contributed by atoms with Crippen LogP contribution in [0.15, 0.2) is 83.9 Å². The summed E-state index contributed by atoms with van der Waals surface area (Å²) in [4.78, 5) is 11.1. The van der Waals surface area contributed by atoms with Crippen molar-refractivity contribution < 1.29 is 4.42 Å². The van der Waals surface area contributed by atoms with Crippen LogP contribution in [0.5, 0.6) is 0 Å². The van der Waals surface area contributed by atoms with Crippen LogP contribution in [0.2, 0.25) is 0 Å². The third kappa shape index (κ3) is 2.63. The molecular formula is C22H13N5OS. The van der Waals surface area contributed by atoms with Crippen LogP contribution in [-0.2, 0) is 0 Å². The molecule has 5 heterocycles. The lowest BCUT2D eigenvalue weighted by Crippen LogP contribution is -1.93. The van der Waals surface area contributed by atoms with Crippen LogP contribution in [0.1, 0.15) is 0 Å². The van der Waals surface area contributed by atoms with E-state index in [0.29, 0.717) is 11.6 Å². The Labute approximate surface area is 169 Å². The van der Waals surface area contributed by atoms with E-state index in [2.05, 4.69) is 33.4 Å². The van der Waals surface area contributed by atoms with E-state index in [1.54, 1.807) is 23.8 Å². The Balaban J connectivity index is 1.49. The number of aromatic nitrogens is 5. The summed E-state index contributed by atoms with van der Waals surface area (Å²) in [7, 11) is 0. The summed E-state index contributed by atoms with van der Waals surface area (Å²) < 4.78 is 7.47. The maximum Gasteiger partial charge on any atom is 0.247 e. The number of hydrogen-bond donors (Lipinski definition) is 0. The van der Waals surface area contributed by atoms with Gasteiger partial charge >= 0.3 is 0 Å². The van der Waals surface area contributed by atoms with Crippen LogP contribution in [0.4, 0.5) is 0 Å². The molecule has 1 aromatic carbocycles. The summed E-state index contributed by atoms with van der Waals surface area (Å²) in [5, 5.41) is 10.9. The molecule has 0 amide bonds. The van der Waals surface area contributed by atoms with E-state index in [4.69, 9.17) is 9.40 Å². The average molecular weight is 395 g/mol. The fourth-order valence-corrected chi connectivity index (χ4v) is 4.40. The molecule has 0 aliphatic rings. The Hall–Kier alpha value is -3.84. The summed E-state index contributed by atoms with van der Waals surface area (Å²) in [6, 6.07) is 18.2. The molecular weight excluding hydrogens is 382 g/mol. The maximum atomic E-state index is 5.44. The fourth-order valence-electron chi connectivity index (χ4n) is 3.44. The van der Waals surface area contributed by atoms with Crippen molar-refractivity contribution >= 4 is 27.8 Å². The van der Waals surface area contributed by atoms with E-state index in [9.17, 15) is 0 Å². The van der Waals surface area contributed by atoms with Crippen molar-refractivity contribution in [1.29, 1.82) is 0 Å². The van der Waals surface area contributed by atoms with Gasteiger partial charge in [-0.2, -0.15) is 0 Å². The molecule has 0 bridgehead atoms. The second-order valence-corrected chi connectivity index (χ2v) is 7.62. The third-order valence-corrected chi connectivity index (χ3v) is 5.89. The first-order valence-electron chi connectivity index (χ1n) is 9.06. The van der Waals surface area contributed by atoms with Crippen molar-refractivity contribution in [2.24, 2.45) is 0 Å². The summed E-state index contributed by atoms with van der Waals surface area (Å²) in [5.41, 5.74) is 3.36. The van der Waals surface area contributed by atoms with Gasteiger partial charge in [-0.3, -0.25) is 0 Å². The van der Waals surface area contributed by atoms with Crippen LogP contribution in [-0.4, -0.2) is 24.6 Å². The molecule has 0 aliphatic carbocycles. The Kier molecular flexibility index (Phi) is 3.54. The van der Waals surface area contributed by atoms with Gasteiger partial charge in [0.15, 0.2) is 5.69 Å². The topological polar surface area (TPSA) is 69.1 Å². The quantitative estimate of drug-likeness (QED) is 0.405. The fraction of sp³-hybridized carbons (Fsp3) is 0. The normalized spacial score (nSPS) is 11.4. The summed E-state index contributed by atoms with van der Waals surface area (Å²) in [6.45, 7) is 0. The van der Waals surface area contributed by atoms with Gasteiger partial charge in [-0.15, -0.1) is 21.5 Å². The molecule has 0 atom stereocenters. The minimum absolute atomic E-state index is 0.469. The van der Waals surface area contributed by atoms with E-state index in [0.717, 1.165) is 37.6 Å². The predicted octanol–water partition coefficient (Wildman–Crippen LogP) is 5.33. The van der Waals surface area contributed by atoms with Gasteiger partial charge in [0.1, 0.15) is 17.6 Å². The highest BCUT2D eigenvalue weighted by molar-refractivity contribution is 7.18. The van der Waals surface area contributed by atoms with Gasteiger partial charge in [-0.25, -0.2) is 9.97 Å². The zero-order valence-corrected chi connectivity index (χ0v) is 15.9. The molecule has 0 spiro atoms. The number of nitrogens with zero attached hydrogens (tertiary/aromatic N) is 5. The summed E-state index contributed by atoms with van der Waals surface area (Å²) >= 11 is 1.66. The van der Waals surface area contributed by atoms with Crippen molar-refractivity contribution in [3.05, 3.63) is 79.5 Å². The van der Waals surface area contributed by atoms with Crippen molar-refractivity contribution in [3.8, 4) is 32.7 Å². The first kappa shape index (κ1) is 16.1. The van der Waals surface area contributed by atoms with Crippen molar-refractivity contribution in [2.45, 2.75) is 0 Å². The lowest BCUT2D eigenvalue weighted by molar-refractivity contribution is 0.572. The van der Waals surface area contributed by atoms with Crippen LogP contribution >= 0.6 is 11.3 Å². The van der Waals surface area contributed by atoms with Crippen LogP contribution in [0, 0.1) is 0 Å². The standard InChI is InChI=1S/C22H13N5OS/c1-2-6-15-14(5-1)20(25-26-21(15)22-23-10-12-28-22)18-9-8-17(29-18)16-13-27-11-4-3-7-19(27)24-16/h1-13H. The molecule has 0 N–H and O–H groups in total. The molecule has 138 valence electrons. The lowest BCUT2D eigenvalue weighted by atomic mass is 10.1. The van der Waals surface area contributed by atoms with E-state index >= 15 is 0 Å². The number of fused-ring (bicyclic) bond motifs is 2. The number of hydrogen-bond acceptors (Lipinski definition) is 6. The Morgan fingerprint density at radius 2 is 1.62 bits per heavy atom. The molecule has 5 aromatic heterocycles. The zero-order chi connectivity index (χ0) is 19.2. The maximum absolute atomic E-state index is 5.44. The molecule has 0 fully saturated rings. The molecule has 6 aromatic rings. The van der Waals surface area contributed by atoms with Crippen molar-refractivity contribution in [3.63, 3.8) is 0 Å². The van der Waals surface area contributed by atoms with Crippen LogP contribution in [0.25, 0.3) is 49.1 Å². The monoisotopic (exact) mass is 395 g/mol. The predicted molar refractivity (Wildman–Crippen MR) is 113 cm³/mol. The van der Waals surface area contributed by atoms with E-state index in [1.165, 1.54) is 0 Å². The smallest absolute Gasteiger partial charge is 0.247 e. The second-order valence-electron chi connectivity index (χ2n) is 6.54. The molecule has 0 unspecified atom stereocenters. The Morgan fingerprint density at radius 1 is 0.828 bits per heavy atom. The molecule has 7 heteroatoms. The van der Waals surface area contributed by atoms with E-state index in [-0.39, 0.29) is 0 Å². The van der Waals surface area contributed by atoms with Crippen molar-refractivity contribution in [1.82, 2.24) is 24.6 Å². The minimum atomic E-state index is 0.469. The van der Waals surface area contributed by atoms with Gasteiger partial charge in [-0.1, -0.05) is 30.3 Å². The second kappa shape index (κ2) is 6.35. The lowest BCUT2D eigenvalue weighted by Gasteiger charge is -2.05. The molecule has 6 nitrogen and oxygen atoms in total. The molecule has 0 radical (unpaired) electrons. The van der Waals surface area contributed by atoms with Crippen molar-refractivity contribution in [2.75, 3.05) is 0 Å². The average Bonchev–Trinajstić information content (AvgIpc) is 3.53. The Bertz CT molecular complexity index is 1430. The first-order chi connectivity index (χ1) is 14.4. The number of rotatable bonds is 3. The van der Waals surface area contributed by atoms with Gasteiger partial charge in [0.2, 0.25) is 5.89 Å². The largest absolute Gasteiger partial charge is 0.443 e. The van der Waals surface area contributed by atoms with Crippen LogP contribution < -0.4 is 0 Å². The van der Waals surface area contributed by atoms with Gasteiger partial charge in [0.05, 0.1) is 21.6 Å². The molecule has 0 saturated carbocycles. The SMILES string of the molecule is c1ccc2c(-c3ccc(-c4cn5ccccc5n4)s3)nnc(-c3ncco3)c2c1. The van der Waals surface area contributed by atoms with Gasteiger partial charge in [0.25, 0.3) is 0 Å². The Morgan fingerprint density at radius 3 is 2.45 bits per heavy atom. The molecule has 0 aliphatic heterocycles. The van der Waals surface area contributed by atoms with Gasteiger partial charge in [-0.05, 0) is 24.3 Å². The van der Waals surface area contributed by atoms with Gasteiger partial charge < -0.3 is 8.82 Å². The number of benzene rings is 1. The van der Waals surface area contributed by atoms with Gasteiger partial charge in [0, 0.05) is 23.2 Å². The molecule has 29 heavy (non-hydrogen) atoms. The molecule has 0 saturated heterocycles. The minimum Gasteiger partial charge on any atom is -0.443 e. The highest BCUT2D eigenvalue weighted by Gasteiger charge is 2.17. The molecule has 6 rings (SSSR count). The summed E-state index contributed by atoms with van der Waals surface area (Å²) in [6.07, 6.45) is 7.20. The van der Waals surface area contributed by atoms with E-state index in [1.807, 2.05) is 53.2 Å². The van der Waals surface area contributed by atoms with E-state index < -0.39 is 0 Å². The zero-order valence-electron chi connectivity index (χ0n) is 15.1. The highest BCUT2D eigenvalue weighted by atomic mass is 32.1. The number of oxazole rings is 1. The third-order valence-electron chi connectivity index (χ3n) is 4.78. The number of thiophene rings is 1. The number of imidazole rings is 1. The first-order valence-corrected chi connectivity index (χ1v) is 9.88.